The van der Waals surface area contributed by atoms with Crippen LogP contribution in [0.15, 0.2) is 53.6 Å². The summed E-state index contributed by atoms with van der Waals surface area (Å²) < 4.78 is 5.93. The number of thiophene rings is 1. The van der Waals surface area contributed by atoms with E-state index in [-0.39, 0.29) is 5.69 Å². The Morgan fingerprint density at radius 2 is 2.19 bits per heavy atom. The van der Waals surface area contributed by atoms with Gasteiger partial charge in [-0.15, -0.1) is 11.3 Å². The first-order chi connectivity index (χ1) is 12.7. The van der Waals surface area contributed by atoms with Crippen molar-refractivity contribution in [2.75, 3.05) is 7.11 Å². The molecular formula is C18H15ClN4O2S. The van der Waals surface area contributed by atoms with Crippen LogP contribution in [0.5, 0.6) is 5.75 Å². The van der Waals surface area contributed by atoms with E-state index in [1.54, 1.807) is 25.3 Å². The van der Waals surface area contributed by atoms with Gasteiger partial charge in [0.05, 0.1) is 22.0 Å². The number of aromatic amines is 1. The van der Waals surface area contributed by atoms with Gasteiger partial charge in [-0.2, -0.15) is 10.2 Å². The molecular weight excluding hydrogens is 372 g/mol. The number of aromatic nitrogens is 2. The molecule has 0 unspecified atom stereocenters. The molecule has 3 aromatic rings. The third-order valence-corrected chi connectivity index (χ3v) is 4.66. The second kappa shape index (κ2) is 8.46. The molecule has 0 spiro atoms. The van der Waals surface area contributed by atoms with E-state index in [4.69, 9.17) is 16.3 Å². The number of hydrazone groups is 1. The molecule has 0 saturated heterocycles. The lowest BCUT2D eigenvalue weighted by Gasteiger charge is -2.02. The molecule has 0 aliphatic carbocycles. The van der Waals surface area contributed by atoms with Crippen LogP contribution in [0.3, 0.4) is 0 Å². The van der Waals surface area contributed by atoms with E-state index in [9.17, 15) is 4.79 Å². The van der Waals surface area contributed by atoms with Crippen molar-refractivity contribution in [2.45, 2.75) is 0 Å². The van der Waals surface area contributed by atoms with E-state index in [1.165, 1.54) is 17.6 Å². The smallest absolute Gasteiger partial charge is 0.291 e. The fraction of sp³-hybridized carbons (Fsp3) is 0.0556. The van der Waals surface area contributed by atoms with Crippen molar-refractivity contribution in [2.24, 2.45) is 5.10 Å². The van der Waals surface area contributed by atoms with E-state index in [2.05, 4.69) is 20.7 Å². The first-order valence-corrected chi connectivity index (χ1v) is 8.81. The van der Waals surface area contributed by atoms with Crippen LogP contribution in [0.2, 0.25) is 4.34 Å². The van der Waals surface area contributed by atoms with Crippen molar-refractivity contribution < 1.29 is 9.53 Å². The molecule has 2 heterocycles. The Balaban J connectivity index is 1.58. The molecule has 3 rings (SSSR count). The zero-order valence-corrected chi connectivity index (χ0v) is 15.3. The van der Waals surface area contributed by atoms with Gasteiger partial charge in [0.25, 0.3) is 5.91 Å². The van der Waals surface area contributed by atoms with Gasteiger partial charge in [-0.3, -0.25) is 9.89 Å². The Kier molecular flexibility index (Phi) is 5.83. The minimum atomic E-state index is -0.405. The van der Waals surface area contributed by atoms with Crippen LogP contribution in [-0.2, 0) is 0 Å². The van der Waals surface area contributed by atoms with E-state index in [1.807, 2.05) is 36.4 Å². The summed E-state index contributed by atoms with van der Waals surface area (Å²) in [6, 6.07) is 12.9. The summed E-state index contributed by atoms with van der Waals surface area (Å²) in [5.74, 6) is 0.357. The highest BCUT2D eigenvalue weighted by molar-refractivity contribution is 7.19. The second-order valence-corrected chi connectivity index (χ2v) is 6.81. The molecule has 2 N–H and O–H groups in total. The first-order valence-electron chi connectivity index (χ1n) is 7.61. The molecule has 0 bridgehead atoms. The summed E-state index contributed by atoms with van der Waals surface area (Å²) in [5.41, 5.74) is 4.32. The zero-order valence-electron chi connectivity index (χ0n) is 13.8. The Labute approximate surface area is 159 Å². The number of hydrogen-bond acceptors (Lipinski definition) is 5. The van der Waals surface area contributed by atoms with Crippen LogP contribution in [0, 0.1) is 0 Å². The van der Waals surface area contributed by atoms with Crippen molar-refractivity contribution in [3.63, 3.8) is 0 Å². The standard InChI is InChI=1S/C18H15ClN4O2S/c1-25-15-7-3-2-5-12(15)6-4-10-20-23-18(24)14-11-13(21-22-14)16-8-9-17(19)26-16/h2-11H,1H3,(H,21,22)(H,23,24)/b6-4+,20-10+. The van der Waals surface area contributed by atoms with Crippen molar-refractivity contribution >= 4 is 41.1 Å². The van der Waals surface area contributed by atoms with Gasteiger partial charge in [-0.25, -0.2) is 5.43 Å². The summed E-state index contributed by atoms with van der Waals surface area (Å²) in [6.07, 6.45) is 5.03. The van der Waals surface area contributed by atoms with Gasteiger partial charge in [0.2, 0.25) is 0 Å². The van der Waals surface area contributed by atoms with Crippen LogP contribution in [0.1, 0.15) is 16.1 Å². The molecule has 2 aromatic heterocycles. The molecule has 1 aromatic carbocycles. The van der Waals surface area contributed by atoms with E-state index in [0.717, 1.165) is 21.9 Å². The summed E-state index contributed by atoms with van der Waals surface area (Å²) in [5, 5.41) is 10.7. The molecule has 26 heavy (non-hydrogen) atoms. The van der Waals surface area contributed by atoms with Crippen LogP contribution < -0.4 is 10.2 Å². The van der Waals surface area contributed by atoms with Gasteiger partial charge in [0, 0.05) is 11.8 Å². The number of carbonyl (C=O) groups is 1. The number of amides is 1. The predicted octanol–water partition coefficient (Wildman–Crippen LogP) is 4.23. The third-order valence-electron chi connectivity index (χ3n) is 3.39. The quantitative estimate of drug-likeness (QED) is 0.491. The van der Waals surface area contributed by atoms with Gasteiger partial charge in [-0.05, 0) is 36.4 Å². The maximum absolute atomic E-state index is 12.1. The number of methoxy groups -OCH3 is 1. The topological polar surface area (TPSA) is 79.4 Å². The maximum Gasteiger partial charge on any atom is 0.291 e. The monoisotopic (exact) mass is 386 g/mol. The van der Waals surface area contributed by atoms with Gasteiger partial charge in [0.1, 0.15) is 5.75 Å². The van der Waals surface area contributed by atoms with Crippen LogP contribution in [0.25, 0.3) is 16.6 Å². The molecule has 1 amide bonds. The maximum atomic E-state index is 12.1. The Morgan fingerprint density at radius 1 is 1.35 bits per heavy atom. The Bertz CT molecular complexity index is 962. The van der Waals surface area contributed by atoms with E-state index in [0.29, 0.717) is 4.34 Å². The number of H-pyrrole nitrogens is 1. The zero-order chi connectivity index (χ0) is 18.4. The highest BCUT2D eigenvalue weighted by Gasteiger charge is 2.11. The number of halogens is 1. The van der Waals surface area contributed by atoms with Crippen LogP contribution in [0.4, 0.5) is 0 Å². The van der Waals surface area contributed by atoms with Crippen LogP contribution in [-0.4, -0.2) is 29.4 Å². The fourth-order valence-electron chi connectivity index (χ4n) is 2.17. The van der Waals surface area contributed by atoms with Crippen molar-refractivity contribution in [1.29, 1.82) is 0 Å². The molecule has 0 fully saturated rings. The van der Waals surface area contributed by atoms with Gasteiger partial charge in [-0.1, -0.05) is 29.8 Å². The molecule has 8 heteroatoms. The number of hydrogen-bond donors (Lipinski definition) is 2. The van der Waals surface area contributed by atoms with E-state index >= 15 is 0 Å². The molecule has 0 aliphatic rings. The lowest BCUT2D eigenvalue weighted by atomic mass is 10.2. The molecule has 6 nitrogen and oxygen atoms in total. The average molecular weight is 387 g/mol. The van der Waals surface area contributed by atoms with Gasteiger partial charge in [0.15, 0.2) is 5.69 Å². The van der Waals surface area contributed by atoms with Crippen molar-refractivity contribution in [3.05, 3.63) is 64.1 Å². The SMILES string of the molecule is COc1ccccc1/C=C/C=N/NC(=O)c1cc(-c2ccc(Cl)s2)[nH]n1. The minimum absolute atomic E-state index is 0.246. The van der Waals surface area contributed by atoms with Crippen LogP contribution >= 0.6 is 22.9 Å². The minimum Gasteiger partial charge on any atom is -0.496 e. The number of nitrogens with one attached hydrogen (secondary N) is 2. The molecule has 0 saturated carbocycles. The first kappa shape index (κ1) is 17.9. The molecule has 0 radical (unpaired) electrons. The highest BCUT2D eigenvalue weighted by Crippen LogP contribution is 2.29. The van der Waals surface area contributed by atoms with Crippen molar-refractivity contribution in [3.8, 4) is 16.3 Å². The summed E-state index contributed by atoms with van der Waals surface area (Å²) in [7, 11) is 1.61. The third kappa shape index (κ3) is 4.38. The predicted molar refractivity (Wildman–Crippen MR) is 105 cm³/mol. The number of carbonyl (C=O) groups excluding carboxylic acids is 1. The number of para-hydroxylation sites is 1. The molecule has 0 atom stereocenters. The summed E-state index contributed by atoms with van der Waals surface area (Å²) in [6.45, 7) is 0. The average Bonchev–Trinajstić information content (AvgIpc) is 3.30. The highest BCUT2D eigenvalue weighted by atomic mass is 35.5. The Morgan fingerprint density at radius 3 is 2.96 bits per heavy atom. The summed E-state index contributed by atoms with van der Waals surface area (Å²) >= 11 is 7.32. The van der Waals surface area contributed by atoms with Crippen molar-refractivity contribution in [1.82, 2.24) is 15.6 Å². The lowest BCUT2D eigenvalue weighted by Crippen LogP contribution is -2.17. The number of benzene rings is 1. The largest absolute Gasteiger partial charge is 0.496 e. The number of allylic oxidation sites excluding steroid dienone is 1. The molecule has 132 valence electrons. The number of rotatable bonds is 6. The van der Waals surface area contributed by atoms with E-state index < -0.39 is 5.91 Å². The summed E-state index contributed by atoms with van der Waals surface area (Å²) in [4.78, 5) is 13.0. The van der Waals surface area contributed by atoms with Gasteiger partial charge < -0.3 is 4.74 Å². The Hall–Kier alpha value is -2.90. The fourth-order valence-corrected chi connectivity index (χ4v) is 3.18. The lowest BCUT2D eigenvalue weighted by molar-refractivity contribution is 0.0950. The molecule has 0 aliphatic heterocycles. The number of ether oxygens (including phenoxy) is 1. The normalized spacial score (nSPS) is 11.3. The second-order valence-electron chi connectivity index (χ2n) is 5.09. The van der Waals surface area contributed by atoms with Gasteiger partial charge >= 0.3 is 0 Å². The number of nitrogens with zero attached hydrogens (tertiary/aromatic N) is 2.